The summed E-state index contributed by atoms with van der Waals surface area (Å²) in [5.74, 6) is -0.387. The highest BCUT2D eigenvalue weighted by Gasteiger charge is 2.25. The molecular weight excluding hydrogens is 262 g/mol. The van der Waals surface area contributed by atoms with Crippen LogP contribution in [0.1, 0.15) is 27.2 Å². The van der Waals surface area contributed by atoms with E-state index in [0.717, 1.165) is 16.8 Å². The summed E-state index contributed by atoms with van der Waals surface area (Å²) < 4.78 is 0.955. The molecule has 20 heavy (non-hydrogen) atoms. The number of amides is 1. The monoisotopic (exact) mass is 283 g/mol. The highest BCUT2D eigenvalue weighted by atomic mass is 16.3. The average molecular weight is 283 g/mol. The van der Waals surface area contributed by atoms with Gasteiger partial charge < -0.3 is 10.4 Å². The Hall–Kier alpha value is -1.89. The van der Waals surface area contributed by atoms with Crippen LogP contribution in [-0.4, -0.2) is 33.4 Å². The second kappa shape index (κ2) is 6.51. The maximum Gasteiger partial charge on any atom is 0.265 e. The minimum absolute atomic E-state index is 0.0374. The molecule has 0 aliphatic heterocycles. The number of nitrogens with one attached hydrogen (secondary N) is 2. The first kappa shape index (κ1) is 16.2. The summed E-state index contributed by atoms with van der Waals surface area (Å²) in [6.07, 6.45) is 0.426. The van der Waals surface area contributed by atoms with Crippen LogP contribution in [0.3, 0.4) is 0 Å². The number of carbonyl (C=O) groups is 1. The lowest BCUT2D eigenvalue weighted by Gasteiger charge is -2.31. The Bertz CT molecular complexity index is 568. The zero-order valence-corrected chi connectivity index (χ0v) is 12.0. The number of rotatable bonds is 5. The van der Waals surface area contributed by atoms with Gasteiger partial charge in [-0.3, -0.25) is 19.5 Å². The van der Waals surface area contributed by atoms with Crippen LogP contribution in [0.15, 0.2) is 21.7 Å². The van der Waals surface area contributed by atoms with Gasteiger partial charge in [-0.05, 0) is 11.8 Å². The molecule has 112 valence electrons. The van der Waals surface area contributed by atoms with E-state index in [2.05, 4.69) is 10.4 Å². The lowest BCUT2D eigenvalue weighted by atomic mass is 9.85. The standard InChI is InChI=1S/C13H21N3O4/c1-13(2,3)9(6-7-17)14-11(19)8-16-12(20)5-4-10(18)15-16/h4-5,9,17H,6-8H2,1-3H3,(H,14,19)(H,15,18). The molecular formula is C13H21N3O4. The van der Waals surface area contributed by atoms with Gasteiger partial charge in [0.25, 0.3) is 11.1 Å². The van der Waals surface area contributed by atoms with Crippen LogP contribution in [-0.2, 0) is 11.3 Å². The minimum atomic E-state index is -0.450. The van der Waals surface area contributed by atoms with E-state index in [0.29, 0.717) is 6.42 Å². The molecule has 1 atom stereocenters. The van der Waals surface area contributed by atoms with Crippen molar-refractivity contribution in [3.63, 3.8) is 0 Å². The van der Waals surface area contributed by atoms with E-state index in [1.807, 2.05) is 20.8 Å². The van der Waals surface area contributed by atoms with E-state index < -0.39 is 11.1 Å². The van der Waals surface area contributed by atoms with Crippen molar-refractivity contribution in [2.75, 3.05) is 6.61 Å². The zero-order chi connectivity index (χ0) is 15.3. The first-order chi connectivity index (χ1) is 9.24. The summed E-state index contributed by atoms with van der Waals surface area (Å²) in [4.78, 5) is 34.5. The third-order valence-electron chi connectivity index (χ3n) is 2.99. The molecule has 1 amide bonds. The number of carbonyl (C=O) groups excluding carboxylic acids is 1. The molecule has 0 fully saturated rings. The number of hydrogen-bond donors (Lipinski definition) is 3. The molecule has 0 aliphatic rings. The van der Waals surface area contributed by atoms with Crippen molar-refractivity contribution in [1.82, 2.24) is 15.1 Å². The molecule has 0 saturated carbocycles. The fraction of sp³-hybridized carbons (Fsp3) is 0.615. The summed E-state index contributed by atoms with van der Waals surface area (Å²) in [6.45, 7) is 5.55. The van der Waals surface area contributed by atoms with Gasteiger partial charge >= 0.3 is 0 Å². The molecule has 1 aromatic heterocycles. The predicted molar refractivity (Wildman–Crippen MR) is 74.4 cm³/mol. The SMILES string of the molecule is CC(C)(C)C(CCO)NC(=O)Cn1[nH]c(=O)ccc1=O. The summed E-state index contributed by atoms with van der Waals surface area (Å²) in [5.41, 5.74) is -1.11. The molecule has 7 heteroatoms. The summed E-state index contributed by atoms with van der Waals surface area (Å²) in [7, 11) is 0. The molecule has 7 nitrogen and oxygen atoms in total. The van der Waals surface area contributed by atoms with Crippen molar-refractivity contribution < 1.29 is 9.90 Å². The van der Waals surface area contributed by atoms with Crippen molar-refractivity contribution >= 4 is 5.91 Å². The molecule has 1 unspecified atom stereocenters. The number of nitrogens with zero attached hydrogens (tertiary/aromatic N) is 1. The Labute approximate surface area is 116 Å². The number of aliphatic hydroxyl groups is 1. The van der Waals surface area contributed by atoms with Crippen LogP contribution in [0, 0.1) is 5.41 Å². The van der Waals surface area contributed by atoms with Crippen molar-refractivity contribution in [3.05, 3.63) is 32.8 Å². The topological polar surface area (TPSA) is 104 Å². The number of aromatic amines is 1. The molecule has 0 radical (unpaired) electrons. The first-order valence-corrected chi connectivity index (χ1v) is 6.44. The molecule has 1 aromatic rings. The van der Waals surface area contributed by atoms with Crippen molar-refractivity contribution in [1.29, 1.82) is 0 Å². The average Bonchev–Trinajstić information content (AvgIpc) is 2.32. The lowest BCUT2D eigenvalue weighted by molar-refractivity contribution is -0.123. The van der Waals surface area contributed by atoms with E-state index in [9.17, 15) is 14.4 Å². The fourth-order valence-corrected chi connectivity index (χ4v) is 1.81. The van der Waals surface area contributed by atoms with Crippen molar-refractivity contribution in [2.24, 2.45) is 5.41 Å². The van der Waals surface area contributed by atoms with Crippen molar-refractivity contribution in [2.45, 2.75) is 39.8 Å². The molecule has 1 rings (SSSR count). The molecule has 0 spiro atoms. The molecule has 1 heterocycles. The normalized spacial score (nSPS) is 13.0. The minimum Gasteiger partial charge on any atom is -0.396 e. The van der Waals surface area contributed by atoms with E-state index in [1.54, 1.807) is 0 Å². The van der Waals surface area contributed by atoms with Crippen LogP contribution in [0.4, 0.5) is 0 Å². The Kier molecular flexibility index (Phi) is 5.26. The van der Waals surface area contributed by atoms with Gasteiger partial charge in [0.15, 0.2) is 0 Å². The fourth-order valence-electron chi connectivity index (χ4n) is 1.81. The number of aromatic nitrogens is 2. The summed E-state index contributed by atoms with van der Waals surface area (Å²) in [5, 5.41) is 14.1. The van der Waals surface area contributed by atoms with Gasteiger partial charge in [0.05, 0.1) is 0 Å². The molecule has 3 N–H and O–H groups in total. The van der Waals surface area contributed by atoms with Crippen LogP contribution in [0.5, 0.6) is 0 Å². The van der Waals surface area contributed by atoms with Crippen LogP contribution < -0.4 is 16.4 Å². The van der Waals surface area contributed by atoms with Gasteiger partial charge in [0.2, 0.25) is 5.91 Å². The molecule has 0 saturated heterocycles. The van der Waals surface area contributed by atoms with Gasteiger partial charge in [-0.25, -0.2) is 4.68 Å². The predicted octanol–water partition coefficient (Wildman–Crippen LogP) is -0.550. The van der Waals surface area contributed by atoms with Crippen LogP contribution in [0.25, 0.3) is 0 Å². The second-order valence-corrected chi connectivity index (χ2v) is 5.73. The van der Waals surface area contributed by atoms with Crippen LogP contribution in [0.2, 0.25) is 0 Å². The Morgan fingerprint density at radius 1 is 1.40 bits per heavy atom. The second-order valence-electron chi connectivity index (χ2n) is 5.73. The highest BCUT2D eigenvalue weighted by molar-refractivity contribution is 5.76. The summed E-state index contributed by atoms with van der Waals surface area (Å²) >= 11 is 0. The molecule has 0 aliphatic carbocycles. The molecule has 0 aromatic carbocycles. The maximum atomic E-state index is 11.9. The zero-order valence-electron chi connectivity index (χ0n) is 12.0. The Morgan fingerprint density at radius 2 is 2.05 bits per heavy atom. The maximum absolute atomic E-state index is 11.9. The van der Waals surface area contributed by atoms with Gasteiger partial charge in [-0.2, -0.15) is 0 Å². The van der Waals surface area contributed by atoms with E-state index in [1.165, 1.54) is 0 Å². The number of H-pyrrole nitrogens is 1. The number of hydrogen-bond acceptors (Lipinski definition) is 4. The van der Waals surface area contributed by atoms with E-state index in [-0.39, 0.29) is 30.5 Å². The third-order valence-corrected chi connectivity index (χ3v) is 2.99. The van der Waals surface area contributed by atoms with Gasteiger partial charge in [0.1, 0.15) is 6.54 Å². The third kappa shape index (κ3) is 4.65. The smallest absolute Gasteiger partial charge is 0.265 e. The Balaban J connectivity index is 2.78. The van der Waals surface area contributed by atoms with E-state index >= 15 is 0 Å². The summed E-state index contributed by atoms with van der Waals surface area (Å²) in [6, 6.07) is 2.01. The quantitative estimate of drug-likeness (QED) is 0.674. The van der Waals surface area contributed by atoms with Gasteiger partial charge in [-0.15, -0.1) is 0 Å². The first-order valence-electron chi connectivity index (χ1n) is 6.44. The number of aliphatic hydroxyl groups excluding tert-OH is 1. The van der Waals surface area contributed by atoms with Gasteiger partial charge in [-0.1, -0.05) is 20.8 Å². The highest BCUT2D eigenvalue weighted by Crippen LogP contribution is 2.21. The Morgan fingerprint density at radius 3 is 2.60 bits per heavy atom. The largest absolute Gasteiger partial charge is 0.396 e. The van der Waals surface area contributed by atoms with E-state index in [4.69, 9.17) is 5.11 Å². The van der Waals surface area contributed by atoms with Crippen LogP contribution >= 0.6 is 0 Å². The lowest BCUT2D eigenvalue weighted by Crippen LogP contribution is -2.46. The van der Waals surface area contributed by atoms with Crippen molar-refractivity contribution in [3.8, 4) is 0 Å². The molecule has 0 bridgehead atoms. The van der Waals surface area contributed by atoms with Gasteiger partial charge in [0, 0.05) is 24.8 Å².